The fraction of sp³-hybridized carbons (Fsp3) is 0.750. The minimum absolute atomic E-state index is 0.00988. The molecule has 43 heavy (non-hydrogen) atoms. The van der Waals surface area contributed by atoms with Gasteiger partial charge in [0.2, 0.25) is 5.91 Å². The Balaban J connectivity index is -0.000000327. The number of ketones is 1. The Morgan fingerprint density at radius 3 is 1.91 bits per heavy atom. The van der Waals surface area contributed by atoms with Gasteiger partial charge in [0.25, 0.3) is 0 Å². The number of nitrogens with zero attached hydrogens (tertiary/aromatic N) is 1. The van der Waals surface area contributed by atoms with Crippen LogP contribution >= 0.6 is 0 Å². The monoisotopic (exact) mass is 615 g/mol. The Labute approximate surface area is 260 Å². The van der Waals surface area contributed by atoms with Crippen LogP contribution in [0.1, 0.15) is 107 Å². The van der Waals surface area contributed by atoms with E-state index >= 15 is 0 Å². The van der Waals surface area contributed by atoms with Crippen LogP contribution in [0.3, 0.4) is 0 Å². The standard InChI is InChI=1S/C18H30N2O4.C6H11NO2.C4H10O.C3H8.CH2O/c1-12(2)9-14(10-16(21)15-5-4-8-19-15)18(24)20-11-13(3)6-7-17(22)23;1-6(2,3)9-5(8)7-4;1-3-5-4-2;1-3-2;1-2/h12,14-15,19H,3-11H2,1-2H3,(H,20,24)(H,22,23);4H2,1-3H3;3-4H2,1-2H3;3H2,1-2H3;1H2/t14-,15-;;;;/m1..../s1. The third kappa shape index (κ3) is 35.2. The number of ether oxygens (including phenoxy) is 2. The minimum atomic E-state index is -0.880. The fourth-order valence-electron chi connectivity index (χ4n) is 3.42. The third-order valence-corrected chi connectivity index (χ3v) is 5.16. The number of hydrogen-bond acceptors (Lipinski definition) is 8. The van der Waals surface area contributed by atoms with E-state index < -0.39 is 17.7 Å². The van der Waals surface area contributed by atoms with Crippen molar-refractivity contribution in [2.24, 2.45) is 16.8 Å². The predicted molar refractivity (Wildman–Crippen MR) is 174 cm³/mol. The first-order valence-electron chi connectivity index (χ1n) is 15.1. The summed E-state index contributed by atoms with van der Waals surface area (Å²) in [5.74, 6) is -0.938. The molecule has 0 spiro atoms. The van der Waals surface area contributed by atoms with Gasteiger partial charge < -0.3 is 30.0 Å². The van der Waals surface area contributed by atoms with Gasteiger partial charge in [-0.05, 0) is 79.5 Å². The zero-order valence-corrected chi connectivity index (χ0v) is 28.4. The topological polar surface area (TPSA) is 160 Å². The van der Waals surface area contributed by atoms with E-state index in [4.69, 9.17) is 19.4 Å². The average Bonchev–Trinajstić information content (AvgIpc) is 3.47. The second-order valence-electron chi connectivity index (χ2n) is 11.1. The molecule has 2 amide bonds. The summed E-state index contributed by atoms with van der Waals surface area (Å²) in [5.41, 5.74) is 0.219. The quantitative estimate of drug-likeness (QED) is 0.172. The summed E-state index contributed by atoms with van der Waals surface area (Å²) in [4.78, 5) is 56.7. The minimum Gasteiger partial charge on any atom is -0.481 e. The maximum atomic E-state index is 12.4. The van der Waals surface area contributed by atoms with Gasteiger partial charge in [-0.2, -0.15) is 4.99 Å². The zero-order valence-electron chi connectivity index (χ0n) is 28.4. The summed E-state index contributed by atoms with van der Waals surface area (Å²) in [6.45, 7) is 29.2. The summed E-state index contributed by atoms with van der Waals surface area (Å²) in [6, 6.07) is -0.113. The van der Waals surface area contributed by atoms with Crippen molar-refractivity contribution in [3.63, 3.8) is 0 Å². The molecule has 252 valence electrons. The van der Waals surface area contributed by atoms with E-state index in [0.717, 1.165) is 32.6 Å². The lowest BCUT2D eigenvalue weighted by Crippen LogP contribution is -2.38. The van der Waals surface area contributed by atoms with Crippen molar-refractivity contribution in [2.75, 3.05) is 26.3 Å². The number of carboxylic acids is 1. The van der Waals surface area contributed by atoms with Crippen LogP contribution in [0, 0.1) is 11.8 Å². The number of aliphatic imine (C=N–C) groups is 1. The molecule has 0 aromatic rings. The van der Waals surface area contributed by atoms with E-state index in [1.54, 1.807) is 20.8 Å². The van der Waals surface area contributed by atoms with Gasteiger partial charge in [0.1, 0.15) is 12.4 Å². The van der Waals surface area contributed by atoms with Crippen molar-refractivity contribution in [2.45, 2.75) is 119 Å². The summed E-state index contributed by atoms with van der Waals surface area (Å²) in [7, 11) is 0. The summed E-state index contributed by atoms with van der Waals surface area (Å²) in [5, 5.41) is 14.6. The van der Waals surface area contributed by atoms with Crippen LogP contribution in [0.25, 0.3) is 0 Å². The molecule has 0 bridgehead atoms. The van der Waals surface area contributed by atoms with Gasteiger partial charge >= 0.3 is 12.1 Å². The largest absolute Gasteiger partial charge is 0.481 e. The van der Waals surface area contributed by atoms with E-state index in [1.165, 1.54) is 6.42 Å². The number of rotatable bonds is 13. The maximum Gasteiger partial charge on any atom is 0.433 e. The lowest BCUT2D eigenvalue weighted by atomic mass is 9.89. The number of nitrogens with one attached hydrogen (secondary N) is 2. The normalized spacial score (nSPS) is 14.0. The summed E-state index contributed by atoms with van der Waals surface area (Å²) < 4.78 is 9.55. The van der Waals surface area contributed by atoms with Gasteiger partial charge in [-0.3, -0.25) is 14.4 Å². The lowest BCUT2D eigenvalue weighted by Gasteiger charge is -2.20. The number of carbonyl (C=O) groups is 5. The van der Waals surface area contributed by atoms with Crippen LogP contribution in [0.5, 0.6) is 0 Å². The molecule has 0 aromatic heterocycles. The molecule has 0 radical (unpaired) electrons. The van der Waals surface area contributed by atoms with Gasteiger partial charge in [0.05, 0.1) is 6.04 Å². The van der Waals surface area contributed by atoms with Crippen LogP contribution in [0.2, 0.25) is 0 Å². The Bertz CT molecular complexity index is 771. The second-order valence-corrected chi connectivity index (χ2v) is 11.1. The number of amides is 2. The molecular weight excluding hydrogens is 554 g/mol. The van der Waals surface area contributed by atoms with Gasteiger partial charge in [0, 0.05) is 38.5 Å². The molecule has 1 aliphatic rings. The number of Topliss-reactive ketones (excluding diaryl/α,β-unsaturated/α-hetero) is 1. The van der Waals surface area contributed by atoms with Crippen molar-refractivity contribution in [1.29, 1.82) is 0 Å². The van der Waals surface area contributed by atoms with Crippen molar-refractivity contribution in [1.82, 2.24) is 10.6 Å². The fourth-order valence-corrected chi connectivity index (χ4v) is 3.42. The molecule has 11 heteroatoms. The first-order valence-corrected chi connectivity index (χ1v) is 15.1. The molecule has 0 aliphatic carbocycles. The molecule has 2 atom stereocenters. The van der Waals surface area contributed by atoms with Crippen LogP contribution in [0.15, 0.2) is 17.1 Å². The molecule has 1 heterocycles. The average molecular weight is 616 g/mol. The second kappa shape index (κ2) is 30.5. The van der Waals surface area contributed by atoms with E-state index in [-0.39, 0.29) is 43.0 Å². The lowest BCUT2D eigenvalue weighted by molar-refractivity contribution is -0.137. The Morgan fingerprint density at radius 2 is 1.58 bits per heavy atom. The molecule has 1 saturated heterocycles. The first-order chi connectivity index (χ1) is 20.1. The van der Waals surface area contributed by atoms with Crippen molar-refractivity contribution in [3.05, 3.63) is 12.2 Å². The maximum absolute atomic E-state index is 12.4. The molecule has 0 saturated carbocycles. The molecule has 1 fully saturated rings. The molecule has 3 N–H and O–H groups in total. The molecule has 0 aromatic carbocycles. The predicted octanol–water partition coefficient (Wildman–Crippen LogP) is 5.79. The molecule has 1 rings (SSSR count). The highest BCUT2D eigenvalue weighted by Crippen LogP contribution is 2.19. The Kier molecular flexibility index (Phi) is 33.4. The van der Waals surface area contributed by atoms with Gasteiger partial charge in [-0.25, -0.2) is 4.79 Å². The summed E-state index contributed by atoms with van der Waals surface area (Å²) >= 11 is 0. The highest BCUT2D eigenvalue weighted by atomic mass is 16.6. The van der Waals surface area contributed by atoms with Crippen molar-refractivity contribution in [3.8, 4) is 0 Å². The molecule has 11 nitrogen and oxygen atoms in total. The Morgan fingerprint density at radius 1 is 1.05 bits per heavy atom. The summed E-state index contributed by atoms with van der Waals surface area (Å²) in [6.07, 6.45) is 3.74. The molecule has 0 unspecified atom stereocenters. The van der Waals surface area contributed by atoms with Gasteiger partial charge in [-0.15, -0.1) is 0 Å². The van der Waals surface area contributed by atoms with Crippen molar-refractivity contribution >= 4 is 37.3 Å². The number of aliphatic carboxylic acids is 1. The number of carboxylic acid groups (broad SMARTS) is 1. The number of carbonyl (C=O) groups excluding carboxylic acids is 4. The SMILES string of the molecule is C=C(CCC(=O)O)CNC(=O)[C@@H](CC(=O)[C@H]1CCCN1)CC(C)C.C=NC(=O)OC(C)(C)C.C=O.CCC.CCOCC. The van der Waals surface area contributed by atoms with E-state index in [0.29, 0.717) is 24.3 Å². The highest BCUT2D eigenvalue weighted by Gasteiger charge is 2.28. The molecular formula is C32H61N3O8. The van der Waals surface area contributed by atoms with Crippen LogP contribution in [0.4, 0.5) is 4.79 Å². The van der Waals surface area contributed by atoms with E-state index in [2.05, 4.69) is 42.8 Å². The highest BCUT2D eigenvalue weighted by molar-refractivity contribution is 5.90. The van der Waals surface area contributed by atoms with Crippen LogP contribution in [-0.4, -0.2) is 80.3 Å². The van der Waals surface area contributed by atoms with E-state index in [1.807, 2.05) is 34.5 Å². The van der Waals surface area contributed by atoms with E-state index in [9.17, 15) is 19.2 Å². The Hall–Kier alpha value is -2.92. The first kappa shape index (κ1) is 47.0. The van der Waals surface area contributed by atoms with Gasteiger partial charge in [-0.1, -0.05) is 46.3 Å². The third-order valence-electron chi connectivity index (χ3n) is 5.16. The smallest absolute Gasteiger partial charge is 0.433 e. The van der Waals surface area contributed by atoms with Crippen LogP contribution in [-0.2, 0) is 28.7 Å². The van der Waals surface area contributed by atoms with Crippen molar-refractivity contribution < 1.29 is 38.6 Å². The van der Waals surface area contributed by atoms with Gasteiger partial charge in [0.15, 0.2) is 5.78 Å². The zero-order chi connectivity index (χ0) is 34.4. The number of hydrogen-bond donors (Lipinski definition) is 3. The molecule has 1 aliphatic heterocycles. The van der Waals surface area contributed by atoms with Crippen LogP contribution < -0.4 is 10.6 Å².